The van der Waals surface area contributed by atoms with Crippen LogP contribution in [0.3, 0.4) is 0 Å². The summed E-state index contributed by atoms with van der Waals surface area (Å²) < 4.78 is 210. The molecule has 0 aliphatic rings. The van der Waals surface area contributed by atoms with Gasteiger partial charge in [-0.15, -0.1) is 10.2 Å². The lowest BCUT2D eigenvalue weighted by molar-refractivity contribution is -0.115. The van der Waals surface area contributed by atoms with E-state index in [-0.39, 0.29) is 113 Å². The molecular weight excluding hydrogens is 1480 g/mol. The molecular formula is C56H42Cl2N16O20S6. The molecule has 516 valence electrons. The Morgan fingerprint density at radius 3 is 0.980 bits per heavy atom. The van der Waals surface area contributed by atoms with Crippen LogP contribution in [0, 0.1) is 0 Å². The molecule has 0 spiro atoms. The molecule has 2 heterocycles. The Labute approximate surface area is 574 Å². The number of benzene rings is 8. The van der Waals surface area contributed by atoms with Crippen LogP contribution in [0.1, 0.15) is 25.0 Å². The predicted octanol–water partition coefficient (Wildman–Crippen LogP) is 11.0. The third-order valence-corrected chi connectivity index (χ3v) is 19.1. The minimum absolute atomic E-state index is 0.0102. The molecule has 0 radical (unpaired) electrons. The summed E-state index contributed by atoms with van der Waals surface area (Å²) in [5.41, 5.74) is -0.933. The highest BCUT2D eigenvalue weighted by Gasteiger charge is 2.25. The number of fused-ring (bicyclic) bond motifs is 2. The molecule has 0 aliphatic carbocycles. The van der Waals surface area contributed by atoms with Gasteiger partial charge in [0.2, 0.25) is 46.2 Å². The first-order valence-electron chi connectivity index (χ1n) is 27.2. The second-order valence-corrected chi connectivity index (χ2v) is 29.5. The summed E-state index contributed by atoms with van der Waals surface area (Å²) in [7, 11) is -30.0. The molecule has 0 atom stereocenters. The van der Waals surface area contributed by atoms with Crippen LogP contribution >= 0.6 is 23.2 Å². The van der Waals surface area contributed by atoms with Crippen molar-refractivity contribution in [1.29, 1.82) is 0 Å². The topological polar surface area (TPSA) is 559 Å². The quantitative estimate of drug-likeness (QED) is 0.0170. The zero-order valence-electron chi connectivity index (χ0n) is 49.9. The van der Waals surface area contributed by atoms with E-state index in [2.05, 4.69) is 82.3 Å². The standard InChI is InChI=1S/C56H42Cl2N16O20S6/c1-27(75)59-43-21-31(15-17-41(43)73-71-35-19-39-37(49(25-35)99(89,90)91)5-3-7-45(39)95(77,78)79)61-53-65-51(57)67-55(69-53)63-33-13-11-29(47(23-33)97(83,84)85)9-10-30-12-14-34(24-48(30)98(86,87)88)64-56-68-52(58)66-54(70-56)62-32-16-18-42(44(22-32)60-28(2)76)74-72-36-20-40-38(50(26-36)100(92,93)94)6-4-8-46(40)96(80,81)82/h3-26H,1-2H3,(H,59,75)(H,60,76)(H,77,78,79)(H,80,81,82)(H,83,84,85)(H,86,87,88)(H,89,90,91)(H,92,93,94)(H2,61,63,65,67,69)(H2,62,64,66,68,70). The average Bonchev–Trinajstić information content (AvgIpc) is 0.760. The minimum atomic E-state index is -5.09. The maximum Gasteiger partial charge on any atom is 0.295 e. The number of rotatable bonds is 22. The van der Waals surface area contributed by atoms with Crippen molar-refractivity contribution in [2.45, 2.75) is 43.2 Å². The fourth-order valence-electron chi connectivity index (χ4n) is 9.38. The van der Waals surface area contributed by atoms with E-state index in [1.54, 1.807) is 0 Å². The fraction of sp³-hybridized carbons (Fsp3) is 0.0357. The normalized spacial score (nSPS) is 12.5. The first-order valence-corrected chi connectivity index (χ1v) is 36.6. The van der Waals surface area contributed by atoms with Crippen molar-refractivity contribution in [1.82, 2.24) is 29.9 Å². The van der Waals surface area contributed by atoms with Gasteiger partial charge in [0.1, 0.15) is 40.7 Å². The molecule has 2 aromatic heterocycles. The highest BCUT2D eigenvalue weighted by molar-refractivity contribution is 7.87. The van der Waals surface area contributed by atoms with Gasteiger partial charge in [0.25, 0.3) is 60.7 Å². The lowest BCUT2D eigenvalue weighted by atomic mass is 10.1. The van der Waals surface area contributed by atoms with Crippen LogP contribution in [0.4, 0.5) is 80.7 Å². The Hall–Kier alpha value is -10.6. The van der Waals surface area contributed by atoms with Gasteiger partial charge < -0.3 is 31.9 Å². The summed E-state index contributed by atoms with van der Waals surface area (Å²) in [6, 6.07) is 25.7. The molecule has 0 aliphatic heterocycles. The number of aromatic nitrogens is 6. The molecule has 36 nitrogen and oxygen atoms in total. The number of carbonyl (C=O) groups is 2. The summed E-state index contributed by atoms with van der Waals surface area (Å²) >= 11 is 12.5. The second kappa shape index (κ2) is 28.0. The number of anilines is 10. The minimum Gasteiger partial charge on any atom is -0.324 e. The molecule has 0 saturated carbocycles. The van der Waals surface area contributed by atoms with Crippen LogP contribution in [0.2, 0.25) is 10.6 Å². The van der Waals surface area contributed by atoms with Crippen molar-refractivity contribution in [3.05, 3.63) is 155 Å². The number of nitrogens with zero attached hydrogens (tertiary/aromatic N) is 10. The van der Waals surface area contributed by atoms with Gasteiger partial charge in [-0.2, -0.15) is 90.6 Å². The lowest BCUT2D eigenvalue weighted by Gasteiger charge is -2.12. The van der Waals surface area contributed by atoms with Crippen LogP contribution in [-0.2, 0) is 70.3 Å². The molecule has 2 amide bonds. The smallest absolute Gasteiger partial charge is 0.295 e. The van der Waals surface area contributed by atoms with Crippen LogP contribution in [0.25, 0.3) is 33.7 Å². The molecule has 0 fully saturated rings. The first kappa shape index (κ1) is 72.2. The Kier molecular flexibility index (Phi) is 20.2. The van der Waals surface area contributed by atoms with E-state index in [1.807, 2.05) is 0 Å². The van der Waals surface area contributed by atoms with Gasteiger partial charge in [-0.3, -0.25) is 36.9 Å². The van der Waals surface area contributed by atoms with E-state index in [1.165, 1.54) is 86.6 Å². The van der Waals surface area contributed by atoms with E-state index in [4.69, 9.17) is 23.2 Å². The second-order valence-electron chi connectivity index (χ2n) is 20.5. The summed E-state index contributed by atoms with van der Waals surface area (Å²) in [4.78, 5) is 44.8. The maximum atomic E-state index is 12.9. The van der Waals surface area contributed by atoms with E-state index in [9.17, 15) is 87.4 Å². The first-order chi connectivity index (χ1) is 46.7. The highest BCUT2D eigenvalue weighted by atomic mass is 35.5. The van der Waals surface area contributed by atoms with Crippen LogP contribution in [0.15, 0.2) is 183 Å². The summed E-state index contributed by atoms with van der Waals surface area (Å²) in [5, 5.41) is 30.4. The van der Waals surface area contributed by atoms with Crippen molar-refractivity contribution >= 4 is 210 Å². The van der Waals surface area contributed by atoms with E-state index in [0.717, 1.165) is 72.8 Å². The number of amides is 2. The van der Waals surface area contributed by atoms with Gasteiger partial charge in [0.15, 0.2) is 0 Å². The van der Waals surface area contributed by atoms with Crippen molar-refractivity contribution in [3.8, 4) is 0 Å². The summed E-state index contributed by atoms with van der Waals surface area (Å²) in [5.74, 6) is -2.26. The predicted molar refractivity (Wildman–Crippen MR) is 361 cm³/mol. The number of halogens is 2. The Morgan fingerprint density at radius 1 is 0.360 bits per heavy atom. The third kappa shape index (κ3) is 17.6. The number of carbonyl (C=O) groups excluding carboxylic acids is 2. The molecule has 8 aromatic carbocycles. The molecule has 0 bridgehead atoms. The Balaban J connectivity index is 0.853. The number of azo groups is 2. The van der Waals surface area contributed by atoms with Gasteiger partial charge in [-0.05, 0) is 131 Å². The van der Waals surface area contributed by atoms with Gasteiger partial charge in [0, 0.05) is 58.1 Å². The molecule has 100 heavy (non-hydrogen) atoms. The number of hydrogen-bond acceptors (Lipinski definition) is 28. The van der Waals surface area contributed by atoms with Crippen molar-refractivity contribution in [3.63, 3.8) is 0 Å². The molecule has 12 N–H and O–H groups in total. The third-order valence-electron chi connectivity index (χ3n) is 13.3. The molecule has 10 aromatic rings. The van der Waals surface area contributed by atoms with Gasteiger partial charge >= 0.3 is 0 Å². The van der Waals surface area contributed by atoms with Crippen LogP contribution in [-0.4, -0.2) is 120 Å². The Morgan fingerprint density at radius 2 is 0.670 bits per heavy atom. The zero-order valence-corrected chi connectivity index (χ0v) is 56.3. The summed E-state index contributed by atoms with van der Waals surface area (Å²) in [6.07, 6.45) is 2.21. The van der Waals surface area contributed by atoms with Gasteiger partial charge in [0.05, 0.1) is 22.7 Å². The maximum absolute atomic E-state index is 12.9. The number of nitrogens with one attached hydrogen (secondary N) is 6. The molecule has 44 heteroatoms. The van der Waals surface area contributed by atoms with Crippen LogP contribution in [0.5, 0.6) is 0 Å². The largest absolute Gasteiger partial charge is 0.324 e. The number of hydrogen-bond donors (Lipinski definition) is 12. The zero-order chi connectivity index (χ0) is 72.6. The van der Waals surface area contributed by atoms with Crippen molar-refractivity contribution in [2.75, 3.05) is 31.9 Å². The lowest BCUT2D eigenvalue weighted by Crippen LogP contribution is -2.07. The van der Waals surface area contributed by atoms with E-state index < -0.39 is 112 Å². The summed E-state index contributed by atoms with van der Waals surface area (Å²) in [6.45, 7) is 2.33. The van der Waals surface area contributed by atoms with E-state index in [0.29, 0.717) is 0 Å². The van der Waals surface area contributed by atoms with Crippen molar-refractivity contribution < 1.29 is 87.4 Å². The SMILES string of the molecule is CC(=O)Nc1cc(Nc2nc(Cl)nc(Nc3ccc(C=Cc4ccc(Nc5nc(Cl)nc(Nc6ccc(N=Nc7cc(S(=O)(=O)O)c8cccc(S(=O)(=O)O)c8c7)c(NC(C)=O)c6)n5)cc4S(=O)(=O)O)c(S(=O)(=O)O)c3)n2)ccc1N=Nc1cc(S(=O)(=O)O)c2cccc(S(=O)(=O)O)c2c1. The monoisotopic (exact) mass is 1520 g/mol. The van der Waals surface area contributed by atoms with E-state index >= 15 is 0 Å². The van der Waals surface area contributed by atoms with Gasteiger partial charge in [-0.25, -0.2) is 0 Å². The highest BCUT2D eigenvalue weighted by Crippen LogP contribution is 2.39. The molecule has 0 unspecified atom stereocenters. The molecule has 0 saturated heterocycles. The van der Waals surface area contributed by atoms with Crippen LogP contribution < -0.4 is 31.9 Å². The fourth-order valence-corrected chi connectivity index (χ4v) is 14.0. The van der Waals surface area contributed by atoms with Crippen molar-refractivity contribution in [2.24, 2.45) is 20.5 Å². The average molecular weight is 1520 g/mol. The Bertz CT molecular complexity index is 5580. The van der Waals surface area contributed by atoms with Gasteiger partial charge in [-0.1, -0.05) is 48.6 Å². The molecule has 10 rings (SSSR count).